The number of carbonyl (C=O) groups is 3. The van der Waals surface area contributed by atoms with Crippen molar-refractivity contribution in [3.63, 3.8) is 0 Å². The van der Waals surface area contributed by atoms with Gasteiger partial charge in [0.1, 0.15) is 0 Å². The zero-order valence-corrected chi connectivity index (χ0v) is 16.3. The van der Waals surface area contributed by atoms with Gasteiger partial charge in [0, 0.05) is 35.1 Å². The first-order valence-electron chi connectivity index (χ1n) is 9.22. The minimum Gasteiger partial charge on any atom is -0.376 e. The molecule has 2 rings (SSSR count). The fourth-order valence-electron chi connectivity index (χ4n) is 2.38. The van der Waals surface area contributed by atoms with E-state index in [1.54, 1.807) is 42.5 Å². The molecule has 0 unspecified atom stereocenters. The van der Waals surface area contributed by atoms with Gasteiger partial charge < -0.3 is 21.3 Å². The molecule has 0 spiro atoms. The third kappa shape index (κ3) is 6.42. The lowest BCUT2D eigenvalue weighted by Gasteiger charge is -2.11. The van der Waals surface area contributed by atoms with Crippen molar-refractivity contribution in [3.05, 3.63) is 54.1 Å². The Labute approximate surface area is 164 Å². The van der Waals surface area contributed by atoms with Crippen LogP contribution in [0.4, 0.5) is 17.1 Å². The average molecular weight is 382 g/mol. The van der Waals surface area contributed by atoms with Crippen molar-refractivity contribution < 1.29 is 14.4 Å². The van der Waals surface area contributed by atoms with Crippen molar-refractivity contribution in [2.45, 2.75) is 20.8 Å². The van der Waals surface area contributed by atoms with Crippen LogP contribution in [0.2, 0.25) is 0 Å². The van der Waals surface area contributed by atoms with Crippen LogP contribution in [0.1, 0.15) is 31.1 Å². The van der Waals surface area contributed by atoms with Crippen LogP contribution in [-0.4, -0.2) is 30.8 Å². The Bertz CT molecular complexity index is 849. The molecule has 0 fully saturated rings. The summed E-state index contributed by atoms with van der Waals surface area (Å²) in [5.41, 5.74) is 2.42. The van der Waals surface area contributed by atoms with Gasteiger partial charge in [0.25, 0.3) is 5.91 Å². The summed E-state index contributed by atoms with van der Waals surface area (Å²) in [5, 5.41) is 11.3. The molecule has 0 aromatic heterocycles. The predicted molar refractivity (Wildman–Crippen MR) is 111 cm³/mol. The van der Waals surface area contributed by atoms with Gasteiger partial charge in [0.05, 0.1) is 6.54 Å². The summed E-state index contributed by atoms with van der Waals surface area (Å²) in [6.45, 7) is 6.08. The Kier molecular flexibility index (Phi) is 7.56. The molecule has 3 amide bonds. The van der Waals surface area contributed by atoms with E-state index in [2.05, 4.69) is 21.3 Å². The highest BCUT2D eigenvalue weighted by molar-refractivity contribution is 5.98. The van der Waals surface area contributed by atoms with Gasteiger partial charge in [0.2, 0.25) is 11.8 Å². The lowest BCUT2D eigenvalue weighted by atomic mass is 10.2. The van der Waals surface area contributed by atoms with E-state index in [1.807, 2.05) is 26.8 Å². The third-order valence-electron chi connectivity index (χ3n) is 3.85. The summed E-state index contributed by atoms with van der Waals surface area (Å²) in [4.78, 5) is 35.9. The predicted octanol–water partition coefficient (Wildman–Crippen LogP) is 3.08. The molecule has 0 atom stereocenters. The fraction of sp³-hybridized carbons (Fsp3) is 0.286. The smallest absolute Gasteiger partial charge is 0.251 e. The highest BCUT2D eigenvalue weighted by Gasteiger charge is 2.09. The van der Waals surface area contributed by atoms with Gasteiger partial charge in [0.15, 0.2) is 0 Å². The highest BCUT2D eigenvalue weighted by atomic mass is 16.2. The van der Waals surface area contributed by atoms with Crippen molar-refractivity contribution in [1.29, 1.82) is 0 Å². The number of benzene rings is 2. The first-order chi connectivity index (χ1) is 13.4. The summed E-state index contributed by atoms with van der Waals surface area (Å²) >= 11 is 0. The van der Waals surface area contributed by atoms with Crippen molar-refractivity contribution >= 4 is 34.8 Å². The van der Waals surface area contributed by atoms with Crippen LogP contribution in [0, 0.1) is 5.92 Å². The van der Waals surface area contributed by atoms with Crippen LogP contribution in [0.5, 0.6) is 0 Å². The summed E-state index contributed by atoms with van der Waals surface area (Å²) < 4.78 is 0. The maximum atomic E-state index is 12.2. The van der Waals surface area contributed by atoms with Crippen molar-refractivity contribution in [3.8, 4) is 0 Å². The molecule has 2 aromatic carbocycles. The van der Waals surface area contributed by atoms with E-state index in [-0.39, 0.29) is 30.2 Å². The molecule has 0 radical (unpaired) electrons. The Morgan fingerprint density at radius 2 is 1.54 bits per heavy atom. The SMILES string of the molecule is CCNC(=O)c1cccc(NC(=O)CNc2cccc(NC(=O)C(C)C)c2)c1. The largest absolute Gasteiger partial charge is 0.376 e. The number of hydrogen-bond donors (Lipinski definition) is 4. The van der Waals surface area contributed by atoms with Crippen LogP contribution < -0.4 is 21.3 Å². The molecule has 148 valence electrons. The molecule has 0 saturated carbocycles. The first kappa shape index (κ1) is 21.0. The van der Waals surface area contributed by atoms with Crippen LogP contribution in [0.25, 0.3) is 0 Å². The minimum absolute atomic E-state index is 0.0486. The van der Waals surface area contributed by atoms with E-state index >= 15 is 0 Å². The van der Waals surface area contributed by atoms with E-state index < -0.39 is 0 Å². The second-order valence-corrected chi connectivity index (χ2v) is 6.57. The van der Waals surface area contributed by atoms with E-state index in [9.17, 15) is 14.4 Å². The molecule has 28 heavy (non-hydrogen) atoms. The zero-order chi connectivity index (χ0) is 20.5. The molecule has 0 saturated heterocycles. The number of rotatable bonds is 8. The standard InChI is InChI=1S/C21H26N4O3/c1-4-22-21(28)15-7-5-9-17(11-15)24-19(26)13-23-16-8-6-10-18(12-16)25-20(27)14(2)3/h5-12,14,23H,4,13H2,1-3H3,(H,22,28)(H,24,26)(H,25,27). The van der Waals surface area contributed by atoms with Gasteiger partial charge in [-0.05, 0) is 43.3 Å². The zero-order valence-electron chi connectivity index (χ0n) is 16.3. The molecule has 7 nitrogen and oxygen atoms in total. The van der Waals surface area contributed by atoms with E-state index in [0.717, 1.165) is 0 Å². The first-order valence-corrected chi connectivity index (χ1v) is 9.22. The van der Waals surface area contributed by atoms with E-state index in [0.29, 0.717) is 29.2 Å². The molecule has 0 aliphatic heterocycles. The van der Waals surface area contributed by atoms with Gasteiger partial charge >= 0.3 is 0 Å². The lowest BCUT2D eigenvalue weighted by molar-refractivity contribution is -0.119. The quantitative estimate of drug-likeness (QED) is 0.564. The van der Waals surface area contributed by atoms with Crippen molar-refractivity contribution in [2.24, 2.45) is 5.92 Å². The van der Waals surface area contributed by atoms with E-state index in [1.165, 1.54) is 0 Å². The molecule has 0 aliphatic carbocycles. The normalized spacial score (nSPS) is 10.3. The summed E-state index contributed by atoms with van der Waals surface area (Å²) in [6.07, 6.45) is 0. The second-order valence-electron chi connectivity index (χ2n) is 6.57. The summed E-state index contributed by atoms with van der Waals surface area (Å²) in [6, 6.07) is 13.9. The molecular weight excluding hydrogens is 356 g/mol. The average Bonchev–Trinajstić information content (AvgIpc) is 2.67. The monoisotopic (exact) mass is 382 g/mol. The summed E-state index contributed by atoms with van der Waals surface area (Å²) in [7, 11) is 0. The van der Waals surface area contributed by atoms with Gasteiger partial charge in [-0.25, -0.2) is 0 Å². The van der Waals surface area contributed by atoms with Crippen molar-refractivity contribution in [2.75, 3.05) is 29.0 Å². The Morgan fingerprint density at radius 3 is 2.21 bits per heavy atom. The van der Waals surface area contributed by atoms with Crippen LogP contribution >= 0.6 is 0 Å². The second kappa shape index (κ2) is 10.1. The number of carbonyl (C=O) groups excluding carboxylic acids is 3. The molecule has 7 heteroatoms. The third-order valence-corrected chi connectivity index (χ3v) is 3.85. The van der Waals surface area contributed by atoms with Gasteiger partial charge in [-0.2, -0.15) is 0 Å². The molecule has 4 N–H and O–H groups in total. The number of nitrogens with one attached hydrogen (secondary N) is 4. The fourth-order valence-corrected chi connectivity index (χ4v) is 2.38. The highest BCUT2D eigenvalue weighted by Crippen LogP contribution is 2.16. The van der Waals surface area contributed by atoms with Gasteiger partial charge in [-0.1, -0.05) is 26.0 Å². The molecule has 0 heterocycles. The maximum Gasteiger partial charge on any atom is 0.251 e. The maximum absolute atomic E-state index is 12.2. The lowest BCUT2D eigenvalue weighted by Crippen LogP contribution is -2.24. The van der Waals surface area contributed by atoms with Crippen LogP contribution in [-0.2, 0) is 9.59 Å². The molecule has 2 aromatic rings. The van der Waals surface area contributed by atoms with Gasteiger partial charge in [-0.3, -0.25) is 14.4 Å². The number of hydrogen-bond acceptors (Lipinski definition) is 4. The molecule has 0 bridgehead atoms. The van der Waals surface area contributed by atoms with Crippen LogP contribution in [0.15, 0.2) is 48.5 Å². The summed E-state index contributed by atoms with van der Waals surface area (Å²) in [5.74, 6) is -0.610. The number of anilines is 3. The van der Waals surface area contributed by atoms with Crippen molar-refractivity contribution in [1.82, 2.24) is 5.32 Å². The Hall–Kier alpha value is -3.35. The van der Waals surface area contributed by atoms with E-state index in [4.69, 9.17) is 0 Å². The minimum atomic E-state index is -0.246. The molecule has 0 aliphatic rings. The van der Waals surface area contributed by atoms with Crippen LogP contribution in [0.3, 0.4) is 0 Å². The number of amides is 3. The topological polar surface area (TPSA) is 99.3 Å². The molecular formula is C21H26N4O3. The Morgan fingerprint density at radius 1 is 0.893 bits per heavy atom. The Balaban J connectivity index is 1.91. The van der Waals surface area contributed by atoms with Gasteiger partial charge in [-0.15, -0.1) is 0 Å².